The molecule has 28 heavy (non-hydrogen) atoms. The first-order valence-corrected chi connectivity index (χ1v) is 9.92. The van der Waals surface area contributed by atoms with Crippen molar-refractivity contribution in [1.29, 1.82) is 0 Å². The summed E-state index contributed by atoms with van der Waals surface area (Å²) in [4.78, 5) is 16.8. The van der Waals surface area contributed by atoms with E-state index in [0.29, 0.717) is 24.7 Å². The molecule has 7 nitrogen and oxygen atoms in total. The fraction of sp³-hybridized carbons (Fsp3) is 0.476. The van der Waals surface area contributed by atoms with E-state index >= 15 is 0 Å². The zero-order valence-corrected chi connectivity index (χ0v) is 16.8. The van der Waals surface area contributed by atoms with Gasteiger partial charge in [-0.3, -0.25) is 0 Å². The number of rotatable bonds is 9. The van der Waals surface area contributed by atoms with E-state index in [0.717, 1.165) is 23.4 Å². The van der Waals surface area contributed by atoms with Crippen molar-refractivity contribution in [2.75, 3.05) is 18.5 Å². The fourth-order valence-corrected chi connectivity index (χ4v) is 3.34. The molecule has 0 aliphatic carbocycles. The molecule has 0 spiro atoms. The van der Waals surface area contributed by atoms with Crippen molar-refractivity contribution in [1.82, 2.24) is 14.8 Å². The highest BCUT2D eigenvalue weighted by Crippen LogP contribution is 2.35. The zero-order valence-electron chi connectivity index (χ0n) is 16.8. The Morgan fingerprint density at radius 3 is 2.68 bits per heavy atom. The van der Waals surface area contributed by atoms with E-state index in [1.807, 2.05) is 31.2 Å². The van der Waals surface area contributed by atoms with Crippen LogP contribution in [0.25, 0.3) is 0 Å². The Bertz CT molecular complexity index is 826. The van der Waals surface area contributed by atoms with E-state index in [4.69, 9.17) is 9.47 Å². The van der Waals surface area contributed by atoms with Crippen LogP contribution in [0.2, 0.25) is 0 Å². The van der Waals surface area contributed by atoms with Gasteiger partial charge in [-0.15, -0.1) is 0 Å². The molecule has 150 valence electrons. The van der Waals surface area contributed by atoms with Crippen molar-refractivity contribution in [3.05, 3.63) is 47.4 Å². The van der Waals surface area contributed by atoms with Gasteiger partial charge in [0, 0.05) is 5.70 Å². The second-order valence-electron chi connectivity index (χ2n) is 6.79. The Labute approximate surface area is 165 Å². The van der Waals surface area contributed by atoms with E-state index in [-0.39, 0.29) is 5.97 Å². The maximum atomic E-state index is 12.6. The maximum absolute atomic E-state index is 12.6. The summed E-state index contributed by atoms with van der Waals surface area (Å²) in [7, 11) is 0. The van der Waals surface area contributed by atoms with Crippen molar-refractivity contribution in [3.63, 3.8) is 0 Å². The Balaban J connectivity index is 1.80. The summed E-state index contributed by atoms with van der Waals surface area (Å²) < 4.78 is 12.8. The van der Waals surface area contributed by atoms with Crippen molar-refractivity contribution in [2.24, 2.45) is 0 Å². The lowest BCUT2D eigenvalue weighted by Gasteiger charge is -2.28. The first-order valence-electron chi connectivity index (χ1n) is 9.92. The van der Waals surface area contributed by atoms with Crippen LogP contribution in [0.15, 0.2) is 41.9 Å². The predicted octanol–water partition coefficient (Wildman–Crippen LogP) is 4.09. The third-order valence-electron chi connectivity index (χ3n) is 4.75. The molecule has 0 saturated carbocycles. The highest BCUT2D eigenvalue weighted by molar-refractivity contribution is 5.92. The Morgan fingerprint density at radius 1 is 1.18 bits per heavy atom. The molecule has 1 aliphatic rings. The Morgan fingerprint density at radius 2 is 1.96 bits per heavy atom. The summed E-state index contributed by atoms with van der Waals surface area (Å²) in [5, 5.41) is 7.44. The van der Waals surface area contributed by atoms with Crippen LogP contribution in [0.4, 0.5) is 5.95 Å². The lowest BCUT2D eigenvalue weighted by Crippen LogP contribution is -2.29. The van der Waals surface area contributed by atoms with Crippen LogP contribution >= 0.6 is 0 Å². The minimum absolute atomic E-state index is 0.317. The number of allylic oxidation sites excluding steroid dienone is 1. The van der Waals surface area contributed by atoms with Gasteiger partial charge >= 0.3 is 5.97 Å². The molecule has 2 aromatic rings. The van der Waals surface area contributed by atoms with Crippen molar-refractivity contribution in [2.45, 2.75) is 52.5 Å². The van der Waals surface area contributed by atoms with Gasteiger partial charge in [0.05, 0.1) is 18.8 Å². The number of fused-ring (bicyclic) bond motifs is 1. The summed E-state index contributed by atoms with van der Waals surface area (Å²) in [5.74, 6) is 1.08. The minimum Gasteiger partial charge on any atom is -0.494 e. The standard InChI is InChI=1S/C21H28N4O3/c1-4-6-7-8-13-28-17-11-9-16(10-12-17)19-18(20(26)27-5-2)15(3)24-21-22-14-23-25(19)21/h9-12,14,19H,4-8,13H2,1-3H3,(H,22,23,24). The molecule has 1 aromatic heterocycles. The van der Waals surface area contributed by atoms with Gasteiger partial charge in [-0.25, -0.2) is 9.48 Å². The molecule has 1 aromatic carbocycles. The Kier molecular flexibility index (Phi) is 6.68. The molecular weight excluding hydrogens is 356 g/mol. The Hall–Kier alpha value is -2.83. The predicted molar refractivity (Wildman–Crippen MR) is 107 cm³/mol. The van der Waals surface area contributed by atoms with E-state index in [1.54, 1.807) is 11.6 Å². The normalized spacial score (nSPS) is 15.8. The highest BCUT2D eigenvalue weighted by atomic mass is 16.5. The summed E-state index contributed by atoms with van der Waals surface area (Å²) in [5.41, 5.74) is 2.18. The number of anilines is 1. The van der Waals surface area contributed by atoms with Crippen LogP contribution in [0.1, 0.15) is 58.1 Å². The molecule has 0 amide bonds. The van der Waals surface area contributed by atoms with Gasteiger partial charge < -0.3 is 14.8 Å². The lowest BCUT2D eigenvalue weighted by atomic mass is 9.96. The summed E-state index contributed by atoms with van der Waals surface area (Å²) >= 11 is 0. The van der Waals surface area contributed by atoms with Crippen LogP contribution in [0.3, 0.4) is 0 Å². The number of esters is 1. The maximum Gasteiger partial charge on any atom is 0.338 e. The first-order chi connectivity index (χ1) is 13.7. The number of nitrogens with one attached hydrogen (secondary N) is 1. The molecule has 1 atom stereocenters. The quantitative estimate of drug-likeness (QED) is 0.518. The van der Waals surface area contributed by atoms with Crippen molar-refractivity contribution >= 4 is 11.9 Å². The van der Waals surface area contributed by atoms with Gasteiger partial charge in [0.2, 0.25) is 5.95 Å². The second kappa shape index (κ2) is 9.39. The van der Waals surface area contributed by atoms with Gasteiger partial charge in [0.1, 0.15) is 18.1 Å². The number of hydrogen-bond donors (Lipinski definition) is 1. The number of carbonyl (C=O) groups excluding carboxylic acids is 1. The number of unbranched alkanes of at least 4 members (excludes halogenated alkanes) is 3. The van der Waals surface area contributed by atoms with Crippen LogP contribution in [0.5, 0.6) is 5.75 Å². The van der Waals surface area contributed by atoms with Crippen molar-refractivity contribution in [3.8, 4) is 5.75 Å². The SMILES string of the molecule is CCCCCCOc1ccc(C2C(C(=O)OCC)=C(C)Nc3ncnn32)cc1. The van der Waals surface area contributed by atoms with Gasteiger partial charge in [-0.05, 0) is 38.0 Å². The number of ether oxygens (including phenoxy) is 2. The molecule has 1 N–H and O–H groups in total. The summed E-state index contributed by atoms with van der Waals surface area (Å²) in [6.45, 7) is 6.88. The lowest BCUT2D eigenvalue weighted by molar-refractivity contribution is -0.139. The minimum atomic E-state index is -0.392. The molecule has 0 fully saturated rings. The molecule has 3 rings (SSSR count). The first kappa shape index (κ1) is 19.9. The zero-order chi connectivity index (χ0) is 19.9. The van der Waals surface area contributed by atoms with E-state index < -0.39 is 6.04 Å². The monoisotopic (exact) mass is 384 g/mol. The number of benzene rings is 1. The average molecular weight is 384 g/mol. The third kappa shape index (κ3) is 4.35. The van der Waals surface area contributed by atoms with Crippen LogP contribution in [-0.4, -0.2) is 33.9 Å². The van der Waals surface area contributed by atoms with Crippen LogP contribution in [0, 0.1) is 0 Å². The third-order valence-corrected chi connectivity index (χ3v) is 4.75. The molecule has 1 unspecified atom stereocenters. The number of carbonyl (C=O) groups is 1. The highest BCUT2D eigenvalue weighted by Gasteiger charge is 2.34. The average Bonchev–Trinajstić information content (AvgIpc) is 3.15. The van der Waals surface area contributed by atoms with E-state index in [1.165, 1.54) is 25.6 Å². The van der Waals surface area contributed by atoms with Gasteiger partial charge in [-0.1, -0.05) is 38.3 Å². The van der Waals surface area contributed by atoms with Gasteiger partial charge in [0.25, 0.3) is 0 Å². The summed E-state index contributed by atoms with van der Waals surface area (Å²) in [6, 6.07) is 7.42. The molecule has 0 radical (unpaired) electrons. The molecule has 7 heteroatoms. The molecule has 0 bridgehead atoms. The van der Waals surface area contributed by atoms with E-state index in [9.17, 15) is 4.79 Å². The molecule has 0 saturated heterocycles. The fourth-order valence-electron chi connectivity index (χ4n) is 3.34. The van der Waals surface area contributed by atoms with Crippen LogP contribution < -0.4 is 10.1 Å². The van der Waals surface area contributed by atoms with Crippen LogP contribution in [-0.2, 0) is 9.53 Å². The van der Waals surface area contributed by atoms with Crippen molar-refractivity contribution < 1.29 is 14.3 Å². The second-order valence-corrected chi connectivity index (χ2v) is 6.79. The van der Waals surface area contributed by atoms with Gasteiger partial charge in [-0.2, -0.15) is 10.1 Å². The number of hydrogen-bond acceptors (Lipinski definition) is 6. The topological polar surface area (TPSA) is 78.3 Å². The largest absolute Gasteiger partial charge is 0.494 e. The molecular formula is C21H28N4O3. The number of aromatic nitrogens is 3. The molecule has 2 heterocycles. The molecule has 1 aliphatic heterocycles. The number of nitrogens with zero attached hydrogens (tertiary/aromatic N) is 3. The smallest absolute Gasteiger partial charge is 0.338 e. The summed E-state index contributed by atoms with van der Waals surface area (Å²) in [6.07, 6.45) is 6.17. The van der Waals surface area contributed by atoms with Gasteiger partial charge in [0.15, 0.2) is 0 Å². The van der Waals surface area contributed by atoms with E-state index in [2.05, 4.69) is 22.3 Å².